The molecule has 5 heteroatoms. The molecule has 0 atom stereocenters. The van der Waals surface area contributed by atoms with Crippen molar-refractivity contribution in [3.05, 3.63) is 48.3 Å². The summed E-state index contributed by atoms with van der Waals surface area (Å²) < 4.78 is 14.6. The van der Waals surface area contributed by atoms with Crippen molar-refractivity contribution in [2.75, 3.05) is 19.6 Å². The van der Waals surface area contributed by atoms with Crippen molar-refractivity contribution >= 4 is 10.9 Å². The fourth-order valence-electron chi connectivity index (χ4n) is 4.98. The maximum Gasteiger partial charge on any atom is 0.191 e. The molecule has 3 heterocycles. The number of fused-ring (bicyclic) bond motifs is 1. The number of benzene rings is 1. The van der Waals surface area contributed by atoms with Crippen LogP contribution in [0.3, 0.4) is 0 Å². The highest BCUT2D eigenvalue weighted by Gasteiger charge is 2.23. The van der Waals surface area contributed by atoms with E-state index in [9.17, 15) is 0 Å². The van der Waals surface area contributed by atoms with Gasteiger partial charge in [-0.15, -0.1) is 0 Å². The third-order valence-corrected chi connectivity index (χ3v) is 6.61. The first-order chi connectivity index (χ1) is 14.3. The highest BCUT2D eigenvalue weighted by molar-refractivity contribution is 5.86. The van der Waals surface area contributed by atoms with Crippen LogP contribution < -0.4 is 4.74 Å². The second-order valence-corrected chi connectivity index (χ2v) is 8.60. The number of aromatic nitrogens is 2. The van der Waals surface area contributed by atoms with Crippen molar-refractivity contribution in [2.24, 2.45) is 0 Å². The molecule has 2 fully saturated rings. The van der Waals surface area contributed by atoms with Crippen LogP contribution in [0, 0.1) is 6.92 Å². The molecular weight excluding hydrogens is 362 g/mol. The van der Waals surface area contributed by atoms with Crippen LogP contribution in [-0.4, -0.2) is 40.2 Å². The molecule has 1 saturated carbocycles. The Kier molecular flexibility index (Phi) is 5.32. The van der Waals surface area contributed by atoms with Crippen molar-refractivity contribution in [1.82, 2.24) is 14.5 Å². The number of hydrogen-bond donors (Lipinski definition) is 0. The first-order valence-electron chi connectivity index (χ1n) is 11.2. The molecule has 5 rings (SSSR count). The predicted molar refractivity (Wildman–Crippen MR) is 114 cm³/mol. The molecule has 2 aromatic heterocycles. The standard InChI is InChI=1S/C24H31N3O2/c1-18-25-17-21(28-18)11-15-26-13-9-20(10-14-26)29-24-8-4-7-23-22(24)12-16-27(23)19-5-2-3-6-19/h4,7-8,12,16-17,19-20H,2-3,5-6,9-11,13-15H2,1H3. The summed E-state index contributed by atoms with van der Waals surface area (Å²) in [5.74, 6) is 2.79. The Morgan fingerprint density at radius 1 is 1.10 bits per heavy atom. The van der Waals surface area contributed by atoms with Gasteiger partial charge in [0.2, 0.25) is 0 Å². The summed E-state index contributed by atoms with van der Waals surface area (Å²) in [6, 6.07) is 9.45. The van der Waals surface area contributed by atoms with Crippen molar-refractivity contribution < 1.29 is 9.15 Å². The fraction of sp³-hybridized carbons (Fsp3) is 0.542. The molecule has 0 spiro atoms. The molecule has 5 nitrogen and oxygen atoms in total. The Morgan fingerprint density at radius 3 is 2.69 bits per heavy atom. The quantitative estimate of drug-likeness (QED) is 0.582. The van der Waals surface area contributed by atoms with Gasteiger partial charge in [-0.05, 0) is 43.9 Å². The van der Waals surface area contributed by atoms with Crippen molar-refractivity contribution in [1.29, 1.82) is 0 Å². The molecule has 0 N–H and O–H groups in total. The molecule has 1 aromatic carbocycles. The fourth-order valence-corrected chi connectivity index (χ4v) is 4.98. The SMILES string of the molecule is Cc1ncc(CCN2CCC(Oc3cccc4c3ccn4C3CCCC3)CC2)o1. The second kappa shape index (κ2) is 8.23. The summed E-state index contributed by atoms with van der Waals surface area (Å²) in [5.41, 5.74) is 1.33. The van der Waals surface area contributed by atoms with Gasteiger partial charge < -0.3 is 18.6 Å². The average molecular weight is 394 g/mol. The second-order valence-electron chi connectivity index (χ2n) is 8.60. The molecule has 154 valence electrons. The zero-order valence-corrected chi connectivity index (χ0v) is 17.3. The van der Waals surface area contributed by atoms with Crippen LogP contribution in [0.2, 0.25) is 0 Å². The lowest BCUT2D eigenvalue weighted by Crippen LogP contribution is -2.39. The molecule has 0 unspecified atom stereocenters. The van der Waals surface area contributed by atoms with E-state index >= 15 is 0 Å². The van der Waals surface area contributed by atoms with Crippen molar-refractivity contribution in [3.63, 3.8) is 0 Å². The number of ether oxygens (including phenoxy) is 1. The van der Waals surface area contributed by atoms with Crippen LogP contribution in [0.4, 0.5) is 0 Å². The maximum atomic E-state index is 6.49. The van der Waals surface area contributed by atoms with E-state index in [-0.39, 0.29) is 0 Å². The Balaban J connectivity index is 1.19. The van der Waals surface area contributed by atoms with Crippen LogP contribution in [0.25, 0.3) is 10.9 Å². The van der Waals surface area contributed by atoms with E-state index in [0.29, 0.717) is 12.1 Å². The van der Waals surface area contributed by atoms with Crippen LogP contribution in [0.5, 0.6) is 5.75 Å². The third kappa shape index (κ3) is 4.06. The number of piperidine rings is 1. The number of hydrogen-bond acceptors (Lipinski definition) is 4. The monoisotopic (exact) mass is 393 g/mol. The minimum atomic E-state index is 0.305. The number of nitrogens with zero attached hydrogens (tertiary/aromatic N) is 3. The van der Waals surface area contributed by atoms with Gasteiger partial charge in [0.25, 0.3) is 0 Å². The number of aryl methyl sites for hydroxylation is 1. The molecule has 1 aliphatic heterocycles. The topological polar surface area (TPSA) is 43.4 Å². The summed E-state index contributed by atoms with van der Waals surface area (Å²) in [4.78, 5) is 6.69. The van der Waals surface area contributed by atoms with Crippen LogP contribution in [0.1, 0.15) is 56.2 Å². The Hall–Kier alpha value is -2.27. The normalized spacial score (nSPS) is 19.3. The van der Waals surface area contributed by atoms with Gasteiger partial charge in [0.05, 0.1) is 11.7 Å². The first kappa shape index (κ1) is 18.7. The lowest BCUT2D eigenvalue weighted by atomic mass is 10.1. The lowest BCUT2D eigenvalue weighted by Gasteiger charge is -2.32. The van der Waals surface area contributed by atoms with Gasteiger partial charge in [-0.2, -0.15) is 0 Å². The molecule has 29 heavy (non-hydrogen) atoms. The van der Waals surface area contributed by atoms with E-state index in [1.54, 1.807) is 0 Å². The Labute approximate surface area is 172 Å². The maximum absolute atomic E-state index is 6.49. The third-order valence-electron chi connectivity index (χ3n) is 6.61. The van der Waals surface area contributed by atoms with Gasteiger partial charge in [0.15, 0.2) is 5.89 Å². The highest BCUT2D eigenvalue weighted by atomic mass is 16.5. The highest BCUT2D eigenvalue weighted by Crippen LogP contribution is 2.36. The molecular formula is C24H31N3O2. The first-order valence-corrected chi connectivity index (χ1v) is 11.2. The largest absolute Gasteiger partial charge is 0.490 e. The molecule has 0 amide bonds. The van der Waals surface area contributed by atoms with Crippen LogP contribution in [-0.2, 0) is 6.42 Å². The van der Waals surface area contributed by atoms with Gasteiger partial charge in [-0.1, -0.05) is 18.9 Å². The van der Waals surface area contributed by atoms with Gasteiger partial charge in [0, 0.05) is 50.6 Å². The van der Waals surface area contributed by atoms with E-state index in [0.717, 1.165) is 56.3 Å². The summed E-state index contributed by atoms with van der Waals surface area (Å²) in [6.07, 6.45) is 12.8. The number of likely N-dealkylation sites (tertiary alicyclic amines) is 1. The van der Waals surface area contributed by atoms with Crippen molar-refractivity contribution in [3.8, 4) is 5.75 Å². The molecule has 1 saturated heterocycles. The summed E-state index contributed by atoms with van der Waals surface area (Å²) >= 11 is 0. The molecule has 1 aliphatic carbocycles. The molecule has 2 aliphatic rings. The number of rotatable bonds is 6. The molecule has 3 aromatic rings. The van der Waals surface area contributed by atoms with E-state index in [1.807, 2.05) is 13.1 Å². The summed E-state index contributed by atoms with van der Waals surface area (Å²) in [6.45, 7) is 5.09. The minimum absolute atomic E-state index is 0.305. The van der Waals surface area contributed by atoms with Gasteiger partial charge >= 0.3 is 0 Å². The van der Waals surface area contributed by atoms with Gasteiger partial charge in [-0.3, -0.25) is 0 Å². The summed E-state index contributed by atoms with van der Waals surface area (Å²) in [7, 11) is 0. The van der Waals surface area contributed by atoms with Crippen LogP contribution in [0.15, 0.2) is 41.1 Å². The zero-order chi connectivity index (χ0) is 19.6. The minimum Gasteiger partial charge on any atom is -0.490 e. The molecule has 0 radical (unpaired) electrons. The average Bonchev–Trinajstić information content (AvgIpc) is 3.48. The van der Waals surface area contributed by atoms with E-state index in [1.165, 1.54) is 36.6 Å². The summed E-state index contributed by atoms with van der Waals surface area (Å²) in [5, 5.41) is 1.27. The van der Waals surface area contributed by atoms with E-state index in [4.69, 9.17) is 9.15 Å². The van der Waals surface area contributed by atoms with Gasteiger partial charge in [-0.25, -0.2) is 4.98 Å². The Morgan fingerprint density at radius 2 is 1.93 bits per heavy atom. The molecule has 0 bridgehead atoms. The Bertz CT molecular complexity index is 946. The van der Waals surface area contributed by atoms with E-state index in [2.05, 4.69) is 44.9 Å². The van der Waals surface area contributed by atoms with Gasteiger partial charge in [0.1, 0.15) is 17.6 Å². The van der Waals surface area contributed by atoms with Crippen molar-refractivity contribution in [2.45, 2.75) is 64.0 Å². The predicted octanol–water partition coefficient (Wildman–Crippen LogP) is 5.14. The number of oxazole rings is 1. The van der Waals surface area contributed by atoms with E-state index < -0.39 is 0 Å². The smallest absolute Gasteiger partial charge is 0.191 e. The van der Waals surface area contributed by atoms with Crippen LogP contribution >= 0.6 is 0 Å². The zero-order valence-electron chi connectivity index (χ0n) is 17.3. The lowest BCUT2D eigenvalue weighted by molar-refractivity contribution is 0.102.